The van der Waals surface area contributed by atoms with Crippen molar-refractivity contribution in [2.45, 2.75) is 32.9 Å². The number of ether oxygens (including phenoxy) is 1. The van der Waals surface area contributed by atoms with Crippen LogP contribution in [0.1, 0.15) is 35.8 Å². The number of rotatable bonds is 4. The van der Waals surface area contributed by atoms with Crippen LogP contribution in [0.4, 0.5) is 0 Å². The standard InChI is InChI=1S/C18H22N2O/c1-14-6-5-7-16(10-14)18(20-8-3-4-9-20)21-17-11-15(2)12-19-13-17/h5-7,10-13,18H,3-4,8-9H2,1-2H3. The smallest absolute Gasteiger partial charge is 0.179 e. The van der Waals surface area contributed by atoms with Gasteiger partial charge >= 0.3 is 0 Å². The second kappa shape index (κ2) is 6.27. The molecule has 1 fully saturated rings. The Balaban J connectivity index is 1.88. The van der Waals surface area contributed by atoms with E-state index < -0.39 is 0 Å². The Bertz CT molecular complexity index is 606. The summed E-state index contributed by atoms with van der Waals surface area (Å²) < 4.78 is 6.28. The predicted molar refractivity (Wildman–Crippen MR) is 84.3 cm³/mol. The van der Waals surface area contributed by atoms with Gasteiger partial charge < -0.3 is 4.74 Å². The zero-order valence-corrected chi connectivity index (χ0v) is 12.7. The molecule has 110 valence electrons. The summed E-state index contributed by atoms with van der Waals surface area (Å²) in [6.07, 6.45) is 6.13. The van der Waals surface area contributed by atoms with Gasteiger partial charge in [-0.05, 0) is 38.3 Å². The molecule has 0 spiro atoms. The maximum absolute atomic E-state index is 6.28. The summed E-state index contributed by atoms with van der Waals surface area (Å²) in [6.45, 7) is 6.35. The molecule has 3 nitrogen and oxygen atoms in total. The van der Waals surface area contributed by atoms with Crippen LogP contribution in [0.25, 0.3) is 0 Å². The van der Waals surface area contributed by atoms with Gasteiger partial charge in [-0.15, -0.1) is 0 Å². The van der Waals surface area contributed by atoms with Gasteiger partial charge in [-0.25, -0.2) is 0 Å². The molecule has 21 heavy (non-hydrogen) atoms. The summed E-state index contributed by atoms with van der Waals surface area (Å²) in [7, 11) is 0. The normalized spacial score (nSPS) is 16.9. The lowest BCUT2D eigenvalue weighted by atomic mass is 10.1. The fourth-order valence-electron chi connectivity index (χ4n) is 2.87. The van der Waals surface area contributed by atoms with Crippen molar-refractivity contribution in [1.29, 1.82) is 0 Å². The van der Waals surface area contributed by atoms with E-state index in [1.165, 1.54) is 24.0 Å². The third-order valence-corrected chi connectivity index (χ3v) is 3.90. The molecule has 0 amide bonds. The molecule has 2 aromatic rings. The Morgan fingerprint density at radius 1 is 1.05 bits per heavy atom. The Kier molecular flexibility index (Phi) is 4.20. The first-order valence-electron chi connectivity index (χ1n) is 7.61. The molecule has 3 rings (SSSR count). The lowest BCUT2D eigenvalue weighted by Gasteiger charge is -2.28. The second-order valence-corrected chi connectivity index (χ2v) is 5.83. The molecule has 0 bridgehead atoms. The van der Waals surface area contributed by atoms with E-state index in [4.69, 9.17) is 4.74 Å². The molecule has 1 aromatic heterocycles. The van der Waals surface area contributed by atoms with E-state index in [1.54, 1.807) is 6.20 Å². The van der Waals surface area contributed by atoms with Crippen LogP contribution in [-0.4, -0.2) is 23.0 Å². The maximum atomic E-state index is 6.28. The van der Waals surface area contributed by atoms with Crippen LogP contribution < -0.4 is 4.74 Å². The monoisotopic (exact) mass is 282 g/mol. The first-order chi connectivity index (χ1) is 10.2. The molecule has 0 aliphatic carbocycles. The highest BCUT2D eigenvalue weighted by atomic mass is 16.5. The van der Waals surface area contributed by atoms with Crippen molar-refractivity contribution < 1.29 is 4.74 Å². The molecule has 0 N–H and O–H groups in total. The van der Waals surface area contributed by atoms with Gasteiger partial charge in [0.2, 0.25) is 0 Å². The van der Waals surface area contributed by atoms with Crippen LogP contribution >= 0.6 is 0 Å². The zero-order valence-electron chi connectivity index (χ0n) is 12.7. The number of aromatic nitrogens is 1. The minimum atomic E-state index is -0.0176. The molecule has 2 heterocycles. The molecule has 1 atom stereocenters. The van der Waals surface area contributed by atoms with Gasteiger partial charge in [0.15, 0.2) is 6.23 Å². The summed E-state index contributed by atoms with van der Waals surface area (Å²) in [5.41, 5.74) is 3.61. The van der Waals surface area contributed by atoms with Gasteiger partial charge in [-0.3, -0.25) is 9.88 Å². The van der Waals surface area contributed by atoms with Crippen molar-refractivity contribution >= 4 is 0 Å². The van der Waals surface area contributed by atoms with Crippen LogP contribution in [0.5, 0.6) is 5.75 Å². The molecular weight excluding hydrogens is 260 g/mol. The fourth-order valence-corrected chi connectivity index (χ4v) is 2.87. The van der Waals surface area contributed by atoms with E-state index in [2.05, 4.69) is 41.1 Å². The molecule has 1 aliphatic heterocycles. The molecule has 1 saturated heterocycles. The molecule has 0 saturated carbocycles. The van der Waals surface area contributed by atoms with E-state index in [9.17, 15) is 0 Å². The summed E-state index contributed by atoms with van der Waals surface area (Å²) in [5.74, 6) is 0.841. The number of nitrogens with zero attached hydrogens (tertiary/aromatic N) is 2. The average molecular weight is 282 g/mol. The number of aryl methyl sites for hydroxylation is 2. The number of likely N-dealkylation sites (tertiary alicyclic amines) is 1. The van der Waals surface area contributed by atoms with Gasteiger partial charge in [-0.1, -0.05) is 29.8 Å². The quantitative estimate of drug-likeness (QED) is 0.851. The van der Waals surface area contributed by atoms with Crippen LogP contribution in [0.15, 0.2) is 42.7 Å². The third-order valence-electron chi connectivity index (χ3n) is 3.90. The SMILES string of the molecule is Cc1cncc(OC(c2cccc(C)c2)N2CCCC2)c1. The molecule has 0 radical (unpaired) electrons. The van der Waals surface area contributed by atoms with Crippen molar-refractivity contribution in [3.63, 3.8) is 0 Å². The fraction of sp³-hybridized carbons (Fsp3) is 0.389. The van der Waals surface area contributed by atoms with Crippen LogP contribution in [0, 0.1) is 13.8 Å². The van der Waals surface area contributed by atoms with Crippen LogP contribution in [-0.2, 0) is 0 Å². The largest absolute Gasteiger partial charge is 0.469 e. The highest BCUT2D eigenvalue weighted by Gasteiger charge is 2.25. The topological polar surface area (TPSA) is 25.4 Å². The van der Waals surface area contributed by atoms with E-state index in [0.717, 1.165) is 24.4 Å². The zero-order chi connectivity index (χ0) is 14.7. The third kappa shape index (κ3) is 3.42. The second-order valence-electron chi connectivity index (χ2n) is 5.83. The molecule has 1 aliphatic rings. The van der Waals surface area contributed by atoms with Crippen molar-refractivity contribution in [3.8, 4) is 5.75 Å². The van der Waals surface area contributed by atoms with Crippen molar-refractivity contribution in [2.75, 3.05) is 13.1 Å². The molecular formula is C18H22N2O. The predicted octanol–water partition coefficient (Wildman–Crippen LogP) is 3.87. The number of benzene rings is 1. The lowest BCUT2D eigenvalue weighted by molar-refractivity contribution is 0.0417. The summed E-state index contributed by atoms with van der Waals surface area (Å²) in [5, 5.41) is 0. The van der Waals surface area contributed by atoms with Crippen molar-refractivity contribution in [1.82, 2.24) is 9.88 Å². The highest BCUT2D eigenvalue weighted by Crippen LogP contribution is 2.28. The van der Waals surface area contributed by atoms with Crippen molar-refractivity contribution in [3.05, 3.63) is 59.4 Å². The minimum absolute atomic E-state index is 0.0176. The minimum Gasteiger partial charge on any atom is -0.469 e. The summed E-state index contributed by atoms with van der Waals surface area (Å²) in [4.78, 5) is 6.65. The number of pyridine rings is 1. The van der Waals surface area contributed by atoms with Gasteiger partial charge in [0.1, 0.15) is 5.75 Å². The van der Waals surface area contributed by atoms with E-state index >= 15 is 0 Å². The first-order valence-corrected chi connectivity index (χ1v) is 7.61. The number of hydrogen-bond donors (Lipinski definition) is 0. The number of hydrogen-bond acceptors (Lipinski definition) is 3. The van der Waals surface area contributed by atoms with E-state index in [0.29, 0.717) is 0 Å². The van der Waals surface area contributed by atoms with Crippen LogP contribution in [0.2, 0.25) is 0 Å². The van der Waals surface area contributed by atoms with Crippen molar-refractivity contribution in [2.24, 2.45) is 0 Å². The average Bonchev–Trinajstić information content (AvgIpc) is 2.99. The molecule has 1 unspecified atom stereocenters. The molecule has 1 aromatic carbocycles. The van der Waals surface area contributed by atoms with Crippen LogP contribution in [0.3, 0.4) is 0 Å². The van der Waals surface area contributed by atoms with Gasteiger partial charge in [-0.2, -0.15) is 0 Å². The van der Waals surface area contributed by atoms with Gasteiger partial charge in [0.25, 0.3) is 0 Å². The van der Waals surface area contributed by atoms with Gasteiger partial charge in [0.05, 0.1) is 6.20 Å². The Morgan fingerprint density at radius 3 is 2.57 bits per heavy atom. The highest BCUT2D eigenvalue weighted by molar-refractivity contribution is 5.27. The van der Waals surface area contributed by atoms with E-state index in [1.807, 2.05) is 19.2 Å². The Morgan fingerprint density at radius 2 is 1.86 bits per heavy atom. The summed E-state index contributed by atoms with van der Waals surface area (Å²) in [6, 6.07) is 10.6. The van der Waals surface area contributed by atoms with Gasteiger partial charge in [0, 0.05) is 24.8 Å². The lowest BCUT2D eigenvalue weighted by Crippen LogP contribution is -2.30. The first kappa shape index (κ1) is 14.1. The Hall–Kier alpha value is -1.87. The Labute approximate surface area is 126 Å². The molecule has 3 heteroatoms. The van der Waals surface area contributed by atoms with E-state index in [-0.39, 0.29) is 6.23 Å². The maximum Gasteiger partial charge on any atom is 0.179 e. The summed E-state index contributed by atoms with van der Waals surface area (Å²) >= 11 is 0.